The normalized spacial score (nSPS) is 10.3. The maximum absolute atomic E-state index is 13.4. The Bertz CT molecular complexity index is 580. The van der Waals surface area contributed by atoms with Crippen LogP contribution in [0.25, 0.3) is 0 Å². The molecule has 0 saturated carbocycles. The van der Waals surface area contributed by atoms with E-state index in [0.717, 1.165) is 12.1 Å². The van der Waals surface area contributed by atoms with Gasteiger partial charge in [-0.05, 0) is 12.1 Å². The van der Waals surface area contributed by atoms with Crippen LogP contribution in [-0.2, 0) is 6.42 Å². The number of hydrogen-bond donors (Lipinski definition) is 3. The standard InChI is InChI=1S/C11H11F2N5O2/c12-7-3-6(4-8(13)10(7)18-14)11(19)15-2-1-9-16-5-17-20-9/h3-5,18H,1-2,14H2,(H,15,19). The number of nitrogens with zero attached hydrogens (tertiary/aromatic N) is 2. The van der Waals surface area contributed by atoms with Gasteiger partial charge in [-0.1, -0.05) is 5.16 Å². The molecular weight excluding hydrogens is 272 g/mol. The number of hydrogen-bond acceptors (Lipinski definition) is 6. The van der Waals surface area contributed by atoms with E-state index in [4.69, 9.17) is 10.4 Å². The zero-order valence-corrected chi connectivity index (χ0v) is 10.2. The molecule has 0 aliphatic heterocycles. The van der Waals surface area contributed by atoms with Crippen molar-refractivity contribution >= 4 is 11.6 Å². The topological polar surface area (TPSA) is 106 Å². The fourth-order valence-corrected chi connectivity index (χ4v) is 1.53. The third kappa shape index (κ3) is 3.06. The molecule has 1 aromatic heterocycles. The van der Waals surface area contributed by atoms with Gasteiger partial charge in [0.2, 0.25) is 5.89 Å². The molecule has 2 rings (SSSR count). The van der Waals surface area contributed by atoms with E-state index in [0.29, 0.717) is 12.3 Å². The van der Waals surface area contributed by atoms with Crippen molar-refractivity contribution in [2.45, 2.75) is 6.42 Å². The quantitative estimate of drug-likeness (QED) is 0.548. The van der Waals surface area contributed by atoms with Gasteiger partial charge < -0.3 is 15.3 Å². The molecule has 2 aromatic rings. The summed E-state index contributed by atoms with van der Waals surface area (Å²) in [6.07, 6.45) is 1.56. The molecule has 7 nitrogen and oxygen atoms in total. The first-order chi connectivity index (χ1) is 9.61. The number of hydrazine groups is 1. The van der Waals surface area contributed by atoms with E-state index in [2.05, 4.69) is 15.5 Å². The van der Waals surface area contributed by atoms with Gasteiger partial charge in [-0.25, -0.2) is 8.78 Å². The molecule has 106 valence electrons. The van der Waals surface area contributed by atoms with E-state index in [9.17, 15) is 13.6 Å². The lowest BCUT2D eigenvalue weighted by atomic mass is 10.1. The van der Waals surface area contributed by atoms with Crippen molar-refractivity contribution in [1.82, 2.24) is 15.5 Å². The number of carbonyl (C=O) groups excluding carboxylic acids is 1. The molecular formula is C11H11F2N5O2. The minimum atomic E-state index is -0.949. The zero-order valence-electron chi connectivity index (χ0n) is 10.2. The number of carbonyl (C=O) groups is 1. The van der Waals surface area contributed by atoms with Gasteiger partial charge in [0, 0.05) is 18.5 Å². The Balaban J connectivity index is 1.99. The van der Waals surface area contributed by atoms with E-state index in [1.54, 1.807) is 0 Å². The van der Waals surface area contributed by atoms with Gasteiger partial charge in [-0.2, -0.15) is 4.98 Å². The van der Waals surface area contributed by atoms with Gasteiger partial charge in [0.25, 0.3) is 5.91 Å². The molecule has 0 aliphatic rings. The number of amides is 1. The summed E-state index contributed by atoms with van der Waals surface area (Å²) in [5.74, 6) is 2.79. The Kier molecular flexibility index (Phi) is 4.20. The van der Waals surface area contributed by atoms with Crippen LogP contribution in [0.2, 0.25) is 0 Å². The molecule has 0 spiro atoms. The minimum absolute atomic E-state index is 0.149. The summed E-state index contributed by atoms with van der Waals surface area (Å²) in [4.78, 5) is 15.5. The second-order valence-corrected chi connectivity index (χ2v) is 3.80. The second kappa shape index (κ2) is 6.06. The van der Waals surface area contributed by atoms with Crippen LogP contribution in [0.4, 0.5) is 14.5 Å². The molecule has 20 heavy (non-hydrogen) atoms. The molecule has 0 bridgehead atoms. The highest BCUT2D eigenvalue weighted by atomic mass is 19.1. The Morgan fingerprint density at radius 2 is 2.05 bits per heavy atom. The lowest BCUT2D eigenvalue weighted by Gasteiger charge is -2.07. The predicted octanol–water partition coefficient (Wildman–Crippen LogP) is 0.606. The number of benzene rings is 1. The molecule has 1 heterocycles. The van der Waals surface area contributed by atoms with Gasteiger partial charge >= 0.3 is 0 Å². The maximum atomic E-state index is 13.4. The Morgan fingerprint density at radius 1 is 1.35 bits per heavy atom. The highest BCUT2D eigenvalue weighted by Crippen LogP contribution is 2.19. The number of nitrogens with two attached hydrogens (primary N) is 1. The smallest absolute Gasteiger partial charge is 0.251 e. The van der Waals surface area contributed by atoms with E-state index in [1.807, 2.05) is 5.43 Å². The fourth-order valence-electron chi connectivity index (χ4n) is 1.53. The number of rotatable bonds is 5. The van der Waals surface area contributed by atoms with Crippen molar-refractivity contribution in [3.63, 3.8) is 0 Å². The largest absolute Gasteiger partial charge is 0.352 e. The number of anilines is 1. The van der Waals surface area contributed by atoms with E-state index in [1.165, 1.54) is 6.33 Å². The molecule has 0 saturated heterocycles. The predicted molar refractivity (Wildman–Crippen MR) is 64.5 cm³/mol. The van der Waals surface area contributed by atoms with Crippen LogP contribution in [0.1, 0.15) is 16.2 Å². The van der Waals surface area contributed by atoms with Crippen molar-refractivity contribution in [2.75, 3.05) is 12.0 Å². The van der Waals surface area contributed by atoms with Crippen molar-refractivity contribution in [1.29, 1.82) is 0 Å². The molecule has 0 radical (unpaired) electrons. The lowest BCUT2D eigenvalue weighted by molar-refractivity contribution is 0.0952. The third-order valence-electron chi connectivity index (χ3n) is 2.48. The van der Waals surface area contributed by atoms with E-state index < -0.39 is 23.2 Å². The van der Waals surface area contributed by atoms with Crippen molar-refractivity contribution < 1.29 is 18.1 Å². The lowest BCUT2D eigenvalue weighted by Crippen LogP contribution is -2.26. The summed E-state index contributed by atoms with van der Waals surface area (Å²) in [6.45, 7) is 0.196. The second-order valence-electron chi connectivity index (χ2n) is 3.80. The van der Waals surface area contributed by atoms with Crippen LogP contribution >= 0.6 is 0 Å². The summed E-state index contributed by atoms with van der Waals surface area (Å²) in [6, 6.07) is 1.78. The highest BCUT2D eigenvalue weighted by Gasteiger charge is 2.14. The first kappa shape index (κ1) is 13.9. The number of halogens is 2. The van der Waals surface area contributed by atoms with Gasteiger partial charge in [0.1, 0.15) is 5.69 Å². The average molecular weight is 283 g/mol. The van der Waals surface area contributed by atoms with Crippen molar-refractivity contribution in [2.24, 2.45) is 5.84 Å². The monoisotopic (exact) mass is 283 g/mol. The van der Waals surface area contributed by atoms with Crippen LogP contribution in [0, 0.1) is 11.6 Å². The van der Waals surface area contributed by atoms with Crippen molar-refractivity contribution in [3.8, 4) is 0 Å². The summed E-state index contributed by atoms with van der Waals surface area (Å²) >= 11 is 0. The Hall–Kier alpha value is -2.55. The van der Waals surface area contributed by atoms with Crippen LogP contribution in [0.5, 0.6) is 0 Å². The molecule has 1 aromatic carbocycles. The molecule has 0 fully saturated rings. The van der Waals surface area contributed by atoms with Gasteiger partial charge in [-0.3, -0.25) is 10.6 Å². The molecule has 4 N–H and O–H groups in total. The molecule has 0 atom stereocenters. The molecule has 0 unspecified atom stereocenters. The number of nitrogen functional groups attached to an aromatic ring is 1. The molecule has 0 aliphatic carbocycles. The maximum Gasteiger partial charge on any atom is 0.251 e. The van der Waals surface area contributed by atoms with Gasteiger partial charge in [-0.15, -0.1) is 0 Å². The third-order valence-corrected chi connectivity index (χ3v) is 2.48. The summed E-state index contributed by atoms with van der Waals surface area (Å²) in [7, 11) is 0. The number of nitrogens with one attached hydrogen (secondary N) is 2. The fraction of sp³-hybridized carbons (Fsp3) is 0.182. The van der Waals surface area contributed by atoms with Crippen molar-refractivity contribution in [3.05, 3.63) is 41.5 Å². The molecule has 1 amide bonds. The average Bonchev–Trinajstić information content (AvgIpc) is 2.91. The van der Waals surface area contributed by atoms with Gasteiger partial charge in [0.15, 0.2) is 18.0 Å². The van der Waals surface area contributed by atoms with Crippen LogP contribution in [0.15, 0.2) is 23.0 Å². The summed E-state index contributed by atoms with van der Waals surface area (Å²) in [5, 5.41) is 5.88. The van der Waals surface area contributed by atoms with Crippen LogP contribution < -0.4 is 16.6 Å². The SMILES string of the molecule is NNc1c(F)cc(C(=O)NCCc2ncno2)cc1F. The summed E-state index contributed by atoms with van der Waals surface area (Å²) in [5.41, 5.74) is 1.24. The van der Waals surface area contributed by atoms with Crippen LogP contribution in [0.3, 0.4) is 0 Å². The minimum Gasteiger partial charge on any atom is -0.352 e. The first-order valence-electron chi connectivity index (χ1n) is 5.61. The Labute approximate surface area is 112 Å². The van der Waals surface area contributed by atoms with Crippen LogP contribution in [-0.4, -0.2) is 22.6 Å². The van der Waals surface area contributed by atoms with Gasteiger partial charge in [0.05, 0.1) is 0 Å². The first-order valence-corrected chi connectivity index (χ1v) is 5.61. The highest BCUT2D eigenvalue weighted by molar-refractivity contribution is 5.94. The Morgan fingerprint density at radius 3 is 2.60 bits per heavy atom. The zero-order chi connectivity index (χ0) is 14.5. The van der Waals surface area contributed by atoms with E-state index >= 15 is 0 Å². The van der Waals surface area contributed by atoms with E-state index in [-0.39, 0.29) is 12.1 Å². The molecule has 9 heteroatoms. The number of aromatic nitrogens is 2. The summed E-state index contributed by atoms with van der Waals surface area (Å²) < 4.78 is 31.6.